The van der Waals surface area contributed by atoms with Crippen LogP contribution in [0.3, 0.4) is 0 Å². The Hall–Kier alpha value is -3.02. The first-order chi connectivity index (χ1) is 13.4. The van der Waals surface area contributed by atoms with E-state index in [9.17, 15) is 9.59 Å². The summed E-state index contributed by atoms with van der Waals surface area (Å²) < 4.78 is 10.5. The van der Waals surface area contributed by atoms with Crippen LogP contribution in [0.1, 0.15) is 38.7 Å². The van der Waals surface area contributed by atoms with Crippen molar-refractivity contribution in [2.45, 2.75) is 33.1 Å². The molecule has 6 nitrogen and oxygen atoms in total. The van der Waals surface area contributed by atoms with Gasteiger partial charge in [-0.1, -0.05) is 32.0 Å². The molecule has 150 valence electrons. The van der Waals surface area contributed by atoms with Crippen LogP contribution >= 0.6 is 0 Å². The maximum Gasteiger partial charge on any atom is 0.226 e. The number of carbonyl (C=O) groups excluding carboxylic acids is 2. The molecule has 2 aromatic carbocycles. The molecule has 0 aliphatic rings. The van der Waals surface area contributed by atoms with E-state index in [-0.39, 0.29) is 30.7 Å². The molecule has 2 amide bonds. The van der Waals surface area contributed by atoms with E-state index in [0.29, 0.717) is 17.2 Å². The van der Waals surface area contributed by atoms with Crippen LogP contribution in [0.4, 0.5) is 11.4 Å². The third-order valence-corrected chi connectivity index (χ3v) is 4.47. The van der Waals surface area contributed by atoms with Gasteiger partial charge in [0.15, 0.2) is 0 Å². The zero-order chi connectivity index (χ0) is 20.7. The second-order valence-corrected chi connectivity index (χ2v) is 6.75. The van der Waals surface area contributed by atoms with Crippen molar-refractivity contribution >= 4 is 23.2 Å². The highest BCUT2D eigenvalue weighted by Crippen LogP contribution is 2.30. The van der Waals surface area contributed by atoms with Crippen LogP contribution in [0.15, 0.2) is 42.5 Å². The Bertz CT molecular complexity index is 833. The third-order valence-electron chi connectivity index (χ3n) is 4.47. The molecule has 0 spiro atoms. The van der Waals surface area contributed by atoms with Crippen LogP contribution in [-0.4, -0.2) is 32.6 Å². The standard InChI is InChI=1S/C22H28N2O4/c1-15(2)18-8-6-7-9-20(18)24(16(3)25)13-12-22(26)23-19-14-17(27-4)10-11-21(19)28-5/h6-11,14-15H,12-13H2,1-5H3,(H,23,26). The van der Waals surface area contributed by atoms with Gasteiger partial charge in [0.05, 0.1) is 19.9 Å². The number of para-hydroxylation sites is 1. The predicted octanol–water partition coefficient (Wildman–Crippen LogP) is 4.21. The van der Waals surface area contributed by atoms with Crippen molar-refractivity contribution in [1.82, 2.24) is 0 Å². The van der Waals surface area contributed by atoms with Gasteiger partial charge in [-0.05, 0) is 29.7 Å². The molecule has 0 saturated heterocycles. The van der Waals surface area contributed by atoms with E-state index in [4.69, 9.17) is 9.47 Å². The lowest BCUT2D eigenvalue weighted by Crippen LogP contribution is -2.32. The first kappa shape index (κ1) is 21.3. The van der Waals surface area contributed by atoms with E-state index in [1.807, 2.05) is 24.3 Å². The van der Waals surface area contributed by atoms with Gasteiger partial charge in [-0.25, -0.2) is 0 Å². The molecule has 0 aromatic heterocycles. The maximum atomic E-state index is 12.5. The van der Waals surface area contributed by atoms with Crippen LogP contribution in [0.2, 0.25) is 0 Å². The van der Waals surface area contributed by atoms with E-state index in [1.54, 1.807) is 30.2 Å². The second-order valence-electron chi connectivity index (χ2n) is 6.75. The van der Waals surface area contributed by atoms with E-state index in [0.717, 1.165) is 11.3 Å². The molecule has 0 aliphatic carbocycles. The fourth-order valence-corrected chi connectivity index (χ4v) is 3.01. The van der Waals surface area contributed by atoms with Gasteiger partial charge < -0.3 is 19.7 Å². The van der Waals surface area contributed by atoms with Gasteiger partial charge in [0.2, 0.25) is 11.8 Å². The summed E-state index contributed by atoms with van der Waals surface area (Å²) in [4.78, 5) is 26.4. The van der Waals surface area contributed by atoms with Gasteiger partial charge in [0.1, 0.15) is 11.5 Å². The van der Waals surface area contributed by atoms with Crippen molar-refractivity contribution in [3.05, 3.63) is 48.0 Å². The van der Waals surface area contributed by atoms with Gasteiger partial charge in [-0.3, -0.25) is 9.59 Å². The lowest BCUT2D eigenvalue weighted by Gasteiger charge is -2.25. The minimum atomic E-state index is -0.208. The van der Waals surface area contributed by atoms with Crippen LogP contribution in [0.25, 0.3) is 0 Å². The number of hydrogen-bond donors (Lipinski definition) is 1. The molecule has 2 rings (SSSR count). The lowest BCUT2D eigenvalue weighted by atomic mass is 10.0. The van der Waals surface area contributed by atoms with Gasteiger partial charge in [0, 0.05) is 31.6 Å². The van der Waals surface area contributed by atoms with E-state index >= 15 is 0 Å². The molecule has 0 atom stereocenters. The zero-order valence-electron chi connectivity index (χ0n) is 17.1. The summed E-state index contributed by atoms with van der Waals surface area (Å²) in [5, 5.41) is 2.84. The number of nitrogens with one attached hydrogen (secondary N) is 1. The van der Waals surface area contributed by atoms with Crippen molar-refractivity contribution in [3.63, 3.8) is 0 Å². The van der Waals surface area contributed by atoms with Gasteiger partial charge in [-0.15, -0.1) is 0 Å². The topological polar surface area (TPSA) is 67.9 Å². The quantitative estimate of drug-likeness (QED) is 0.740. The maximum absolute atomic E-state index is 12.5. The summed E-state index contributed by atoms with van der Waals surface area (Å²) in [6.45, 7) is 5.97. The largest absolute Gasteiger partial charge is 0.497 e. The van der Waals surface area contributed by atoms with Gasteiger partial charge >= 0.3 is 0 Å². The summed E-state index contributed by atoms with van der Waals surface area (Å²) in [6.07, 6.45) is 0.159. The molecule has 0 bridgehead atoms. The molecular weight excluding hydrogens is 356 g/mol. The summed E-state index contributed by atoms with van der Waals surface area (Å²) in [5.41, 5.74) is 2.45. The number of hydrogen-bond acceptors (Lipinski definition) is 4. The molecule has 0 radical (unpaired) electrons. The van der Waals surface area contributed by atoms with E-state index < -0.39 is 0 Å². The van der Waals surface area contributed by atoms with E-state index in [2.05, 4.69) is 19.2 Å². The molecular formula is C22H28N2O4. The monoisotopic (exact) mass is 384 g/mol. The molecule has 0 aliphatic heterocycles. The van der Waals surface area contributed by atoms with Gasteiger partial charge in [-0.2, -0.15) is 0 Å². The van der Waals surface area contributed by atoms with Crippen molar-refractivity contribution in [3.8, 4) is 11.5 Å². The third kappa shape index (κ3) is 5.25. The Morgan fingerprint density at radius 1 is 1.07 bits per heavy atom. The highest BCUT2D eigenvalue weighted by atomic mass is 16.5. The fraction of sp³-hybridized carbons (Fsp3) is 0.364. The summed E-state index contributed by atoms with van der Waals surface area (Å²) in [6, 6.07) is 13.0. The molecule has 0 unspecified atom stereocenters. The predicted molar refractivity (Wildman–Crippen MR) is 111 cm³/mol. The van der Waals surface area contributed by atoms with Crippen molar-refractivity contribution in [1.29, 1.82) is 0 Å². The van der Waals surface area contributed by atoms with Crippen LogP contribution in [0.5, 0.6) is 11.5 Å². The smallest absolute Gasteiger partial charge is 0.226 e. The normalized spacial score (nSPS) is 10.5. The average molecular weight is 384 g/mol. The molecule has 0 saturated carbocycles. The number of benzene rings is 2. The highest BCUT2D eigenvalue weighted by molar-refractivity contribution is 5.96. The number of anilines is 2. The van der Waals surface area contributed by atoms with Crippen molar-refractivity contribution in [2.24, 2.45) is 0 Å². The molecule has 0 fully saturated rings. The first-order valence-corrected chi connectivity index (χ1v) is 9.26. The first-order valence-electron chi connectivity index (χ1n) is 9.26. The molecule has 6 heteroatoms. The Morgan fingerprint density at radius 3 is 2.39 bits per heavy atom. The van der Waals surface area contributed by atoms with Gasteiger partial charge in [0.25, 0.3) is 0 Å². The average Bonchev–Trinajstić information content (AvgIpc) is 2.68. The second kappa shape index (κ2) is 9.78. The van der Waals surface area contributed by atoms with Crippen LogP contribution < -0.4 is 19.7 Å². The minimum Gasteiger partial charge on any atom is -0.497 e. The zero-order valence-corrected chi connectivity index (χ0v) is 17.1. The highest BCUT2D eigenvalue weighted by Gasteiger charge is 2.18. The van der Waals surface area contributed by atoms with Crippen molar-refractivity contribution < 1.29 is 19.1 Å². The number of amides is 2. The minimum absolute atomic E-state index is 0.0974. The molecule has 0 heterocycles. The number of carbonyl (C=O) groups is 2. The Balaban J connectivity index is 2.13. The lowest BCUT2D eigenvalue weighted by molar-refractivity contribution is -0.117. The summed E-state index contributed by atoms with van der Waals surface area (Å²) >= 11 is 0. The Kier molecular flexibility index (Phi) is 7.44. The number of nitrogens with zero attached hydrogens (tertiary/aromatic N) is 1. The Morgan fingerprint density at radius 2 is 1.79 bits per heavy atom. The fourth-order valence-electron chi connectivity index (χ4n) is 3.01. The van der Waals surface area contributed by atoms with Crippen molar-refractivity contribution in [2.75, 3.05) is 31.0 Å². The number of rotatable bonds is 8. The SMILES string of the molecule is COc1ccc(OC)c(NC(=O)CCN(C(C)=O)c2ccccc2C(C)C)c1. The van der Waals surface area contributed by atoms with E-state index in [1.165, 1.54) is 14.0 Å². The number of ether oxygens (including phenoxy) is 2. The molecule has 28 heavy (non-hydrogen) atoms. The summed E-state index contributed by atoms with van der Waals surface area (Å²) in [7, 11) is 3.10. The van der Waals surface area contributed by atoms with Crippen LogP contribution in [-0.2, 0) is 9.59 Å². The Labute approximate surface area is 166 Å². The molecule has 1 N–H and O–H groups in total. The molecule has 2 aromatic rings. The summed E-state index contributed by atoms with van der Waals surface area (Å²) in [5.74, 6) is 1.13. The van der Waals surface area contributed by atoms with Crippen LogP contribution in [0, 0.1) is 0 Å². The number of methoxy groups -OCH3 is 2.